The lowest BCUT2D eigenvalue weighted by Gasteiger charge is -1.99. The monoisotopic (exact) mass is 558 g/mol. The highest BCUT2D eigenvalue weighted by Crippen LogP contribution is 2.09. The highest BCUT2D eigenvalue weighted by molar-refractivity contribution is 7.86. The van der Waals surface area contributed by atoms with Gasteiger partial charge in [0.1, 0.15) is 0 Å². The van der Waals surface area contributed by atoms with Gasteiger partial charge in [-0.2, -0.15) is 26.0 Å². The van der Waals surface area contributed by atoms with Gasteiger partial charge in [0, 0.05) is 38.1 Å². The molecule has 0 bridgehead atoms. The van der Waals surface area contributed by atoms with Crippen LogP contribution < -0.4 is 9.13 Å². The van der Waals surface area contributed by atoms with Crippen molar-refractivity contribution in [3.63, 3.8) is 0 Å². The summed E-state index contributed by atoms with van der Waals surface area (Å²) in [5.74, 6) is 0. The molecule has 8 nitrogen and oxygen atoms in total. The predicted octanol–water partition coefficient (Wildman–Crippen LogP) is 4.06. The summed E-state index contributed by atoms with van der Waals surface area (Å²) in [7, 11) is -8.04. The van der Waals surface area contributed by atoms with Crippen molar-refractivity contribution in [1.82, 2.24) is 0 Å². The molecule has 0 amide bonds. The molecule has 38 heavy (non-hydrogen) atoms. The number of nitrogens with zero attached hydrogens (tertiary/aromatic N) is 2. The first-order valence-electron chi connectivity index (χ1n) is 11.8. The lowest BCUT2D eigenvalue weighted by atomic mass is 10.2. The third-order valence-electron chi connectivity index (χ3n) is 5.55. The molecular weight excluding hydrogens is 524 g/mol. The second kappa shape index (κ2) is 13.9. The van der Waals surface area contributed by atoms with Gasteiger partial charge in [-0.3, -0.25) is 9.11 Å². The number of aromatic nitrogens is 2. The van der Waals surface area contributed by atoms with Crippen LogP contribution >= 0.6 is 0 Å². The standard InChI is InChI=1S/C14H18N2.2C7H8O3S/c1-13-7-3-5-9-15(13)11-12-16-10-6-4-8-14(16)2;2*1-6-2-4-7(5-3-6)11(8,9)10/h3-10H,11-12H2,1-2H3;2*2-5H,1H3,(H,8,9,10)/q+2;;. The lowest BCUT2D eigenvalue weighted by molar-refractivity contribution is -0.783. The summed E-state index contributed by atoms with van der Waals surface area (Å²) in [4.78, 5) is -0.133. The normalized spacial score (nSPS) is 11.0. The van der Waals surface area contributed by atoms with E-state index in [0.717, 1.165) is 24.2 Å². The molecule has 2 aromatic heterocycles. The van der Waals surface area contributed by atoms with E-state index >= 15 is 0 Å². The lowest BCUT2D eigenvalue weighted by Crippen LogP contribution is -2.47. The van der Waals surface area contributed by atoms with E-state index in [1.807, 2.05) is 13.8 Å². The second-order valence-corrected chi connectivity index (χ2v) is 11.5. The number of rotatable bonds is 5. The van der Waals surface area contributed by atoms with E-state index in [1.54, 1.807) is 24.3 Å². The van der Waals surface area contributed by atoms with Crippen LogP contribution in [-0.2, 0) is 33.3 Å². The maximum atomic E-state index is 10.5. The van der Waals surface area contributed by atoms with Crippen molar-refractivity contribution in [3.8, 4) is 0 Å². The van der Waals surface area contributed by atoms with E-state index in [0.29, 0.717) is 0 Å². The Labute approximate surface area is 225 Å². The Kier molecular flexibility index (Phi) is 11.3. The third kappa shape index (κ3) is 10.5. The maximum Gasteiger partial charge on any atom is 0.294 e. The van der Waals surface area contributed by atoms with Crippen LogP contribution in [-0.4, -0.2) is 25.9 Å². The smallest absolute Gasteiger partial charge is 0.282 e. The van der Waals surface area contributed by atoms with Crippen molar-refractivity contribution in [1.29, 1.82) is 0 Å². The maximum absolute atomic E-state index is 10.5. The van der Waals surface area contributed by atoms with Crippen LogP contribution in [0.3, 0.4) is 0 Å². The van der Waals surface area contributed by atoms with Gasteiger partial charge in [0.05, 0.1) is 9.79 Å². The van der Waals surface area contributed by atoms with Crippen LogP contribution in [0.4, 0.5) is 0 Å². The molecule has 10 heteroatoms. The van der Waals surface area contributed by atoms with Crippen LogP contribution in [0.15, 0.2) is 107 Å². The molecule has 0 radical (unpaired) electrons. The average molecular weight is 559 g/mol. The first-order chi connectivity index (χ1) is 17.8. The molecule has 202 valence electrons. The van der Waals surface area contributed by atoms with Gasteiger partial charge in [-0.1, -0.05) is 47.5 Å². The third-order valence-corrected chi connectivity index (χ3v) is 7.29. The fourth-order valence-electron chi connectivity index (χ4n) is 3.26. The van der Waals surface area contributed by atoms with Crippen molar-refractivity contribution in [2.24, 2.45) is 0 Å². The molecule has 0 spiro atoms. The zero-order chi connectivity index (χ0) is 28.3. The summed E-state index contributed by atoms with van der Waals surface area (Å²) in [6, 6.07) is 24.6. The second-order valence-electron chi connectivity index (χ2n) is 8.65. The summed E-state index contributed by atoms with van der Waals surface area (Å²) < 4.78 is 63.7. The quantitative estimate of drug-likeness (QED) is 0.282. The molecular formula is C28H34N2O6S2+2. The molecule has 0 atom stereocenters. The van der Waals surface area contributed by atoms with Gasteiger partial charge in [0.15, 0.2) is 23.8 Å². The average Bonchev–Trinajstić information content (AvgIpc) is 2.85. The van der Waals surface area contributed by atoms with Gasteiger partial charge in [0.25, 0.3) is 20.2 Å². The highest BCUT2D eigenvalue weighted by atomic mass is 32.2. The van der Waals surface area contributed by atoms with Gasteiger partial charge in [-0.05, 0) is 38.1 Å². The van der Waals surface area contributed by atoms with E-state index in [-0.39, 0.29) is 9.79 Å². The highest BCUT2D eigenvalue weighted by Gasteiger charge is 2.10. The van der Waals surface area contributed by atoms with Crippen molar-refractivity contribution < 1.29 is 35.1 Å². The fraction of sp³-hybridized carbons (Fsp3) is 0.214. The first kappa shape index (κ1) is 30.8. The first-order valence-corrected chi connectivity index (χ1v) is 14.6. The Morgan fingerprint density at radius 3 is 1.11 bits per heavy atom. The summed E-state index contributed by atoms with van der Waals surface area (Å²) in [5.41, 5.74) is 4.52. The van der Waals surface area contributed by atoms with Gasteiger partial charge in [-0.25, -0.2) is 0 Å². The van der Waals surface area contributed by atoms with Crippen molar-refractivity contribution in [2.75, 3.05) is 0 Å². The van der Waals surface area contributed by atoms with Gasteiger partial charge in [-0.15, -0.1) is 0 Å². The van der Waals surface area contributed by atoms with Crippen LogP contribution in [0.1, 0.15) is 22.5 Å². The number of aryl methyl sites for hydroxylation is 6. The number of benzene rings is 2. The van der Waals surface area contributed by atoms with Crippen molar-refractivity contribution >= 4 is 20.2 Å². The van der Waals surface area contributed by atoms with E-state index in [9.17, 15) is 16.8 Å². The zero-order valence-corrected chi connectivity index (χ0v) is 23.5. The van der Waals surface area contributed by atoms with Crippen molar-refractivity contribution in [2.45, 2.75) is 50.6 Å². The predicted molar refractivity (Wildman–Crippen MR) is 145 cm³/mol. The minimum Gasteiger partial charge on any atom is -0.282 e. The molecule has 0 saturated heterocycles. The molecule has 0 saturated carbocycles. The van der Waals surface area contributed by atoms with E-state index in [4.69, 9.17) is 9.11 Å². The largest absolute Gasteiger partial charge is 0.294 e. The fourth-order valence-corrected chi connectivity index (χ4v) is 4.22. The van der Waals surface area contributed by atoms with E-state index < -0.39 is 20.2 Å². The molecule has 0 aliphatic rings. The molecule has 2 aromatic carbocycles. The molecule has 0 aliphatic carbocycles. The Morgan fingerprint density at radius 2 is 0.842 bits per heavy atom. The Morgan fingerprint density at radius 1 is 0.526 bits per heavy atom. The molecule has 4 aromatic rings. The van der Waals surface area contributed by atoms with Gasteiger partial charge in [0.2, 0.25) is 13.1 Å². The Balaban J connectivity index is 0.000000206. The summed E-state index contributed by atoms with van der Waals surface area (Å²) >= 11 is 0. The number of pyridine rings is 2. The summed E-state index contributed by atoms with van der Waals surface area (Å²) in [5, 5.41) is 0. The van der Waals surface area contributed by atoms with E-state index in [1.165, 1.54) is 35.7 Å². The Hall–Kier alpha value is -3.44. The van der Waals surface area contributed by atoms with Crippen LogP contribution in [0, 0.1) is 27.7 Å². The minimum absolute atomic E-state index is 0.0666. The van der Waals surface area contributed by atoms with Gasteiger partial charge < -0.3 is 0 Å². The van der Waals surface area contributed by atoms with Crippen LogP contribution in [0.2, 0.25) is 0 Å². The van der Waals surface area contributed by atoms with Gasteiger partial charge >= 0.3 is 0 Å². The van der Waals surface area contributed by atoms with Crippen LogP contribution in [0.25, 0.3) is 0 Å². The molecule has 0 aliphatic heterocycles. The van der Waals surface area contributed by atoms with E-state index in [2.05, 4.69) is 71.8 Å². The SMILES string of the molecule is Cc1ccc(S(=O)(=O)O)cc1.Cc1ccc(S(=O)(=O)O)cc1.Cc1cccc[n+]1CC[n+]1ccccc1C. The molecule has 0 unspecified atom stereocenters. The summed E-state index contributed by atoms with van der Waals surface area (Å²) in [6.07, 6.45) is 4.27. The number of hydrogen-bond acceptors (Lipinski definition) is 4. The molecule has 4 rings (SSSR count). The zero-order valence-electron chi connectivity index (χ0n) is 21.9. The minimum atomic E-state index is -4.02. The molecule has 2 N–H and O–H groups in total. The number of hydrogen-bond donors (Lipinski definition) is 2. The topological polar surface area (TPSA) is 116 Å². The summed E-state index contributed by atoms with van der Waals surface area (Å²) in [6.45, 7) is 10.00. The Bertz CT molecular complexity index is 1420. The molecule has 2 heterocycles. The molecule has 0 fully saturated rings. The van der Waals surface area contributed by atoms with Crippen molar-refractivity contribution in [3.05, 3.63) is 120 Å². The van der Waals surface area contributed by atoms with Crippen LogP contribution in [0.5, 0.6) is 0 Å².